The Morgan fingerprint density at radius 3 is 1.70 bits per heavy atom. The molecule has 0 aliphatic heterocycles. The van der Waals surface area contributed by atoms with Crippen LogP contribution in [0.1, 0.15) is 0 Å². The fourth-order valence-corrected chi connectivity index (χ4v) is 0.506. The van der Waals surface area contributed by atoms with Gasteiger partial charge in [0.1, 0.15) is 11.6 Å². The van der Waals surface area contributed by atoms with Crippen LogP contribution >= 0.6 is 12.4 Å². The summed E-state index contributed by atoms with van der Waals surface area (Å²) >= 11 is 0. The smallest absolute Gasteiger partial charge is 0.223 e. The minimum Gasteiger partial charge on any atom is -0.383 e. The van der Waals surface area contributed by atoms with Crippen molar-refractivity contribution in [3.8, 4) is 0 Å². The first-order valence-corrected chi connectivity index (χ1v) is 2.34. The second-order valence-electron chi connectivity index (χ2n) is 1.58. The molecule has 0 aromatic carbocycles. The molecule has 0 fully saturated rings. The molecule has 0 saturated heterocycles. The van der Waals surface area contributed by atoms with Gasteiger partial charge in [-0.05, 0) is 0 Å². The summed E-state index contributed by atoms with van der Waals surface area (Å²) in [4.78, 5) is 7.20. The molecular weight excluding hydrogens is 154 g/mol. The van der Waals surface area contributed by atoms with Gasteiger partial charge in [0.25, 0.3) is 0 Å². The van der Waals surface area contributed by atoms with Gasteiger partial charge in [0, 0.05) is 6.07 Å². The van der Waals surface area contributed by atoms with Crippen molar-refractivity contribution in [2.24, 2.45) is 0 Å². The van der Waals surface area contributed by atoms with Crippen LogP contribution in [0.15, 0.2) is 6.07 Å². The SMILES string of the molecule is Cl.Nc1cc(N)nc(N)n1. The van der Waals surface area contributed by atoms with Crippen molar-refractivity contribution in [3.63, 3.8) is 0 Å². The van der Waals surface area contributed by atoms with E-state index in [-0.39, 0.29) is 18.4 Å². The largest absolute Gasteiger partial charge is 0.383 e. The molecule has 56 valence electrons. The number of hydrogen-bond acceptors (Lipinski definition) is 5. The van der Waals surface area contributed by atoms with Crippen LogP contribution in [0, 0.1) is 0 Å². The van der Waals surface area contributed by atoms with E-state index < -0.39 is 0 Å². The number of rotatable bonds is 0. The molecule has 0 aliphatic rings. The zero-order valence-electron chi connectivity index (χ0n) is 5.11. The Bertz CT molecular complexity index is 174. The summed E-state index contributed by atoms with van der Waals surface area (Å²) in [5.74, 6) is 0.688. The van der Waals surface area contributed by atoms with Gasteiger partial charge in [0.2, 0.25) is 5.95 Å². The van der Waals surface area contributed by atoms with Crippen molar-refractivity contribution in [1.29, 1.82) is 0 Å². The highest BCUT2D eigenvalue weighted by atomic mass is 35.5. The van der Waals surface area contributed by atoms with Gasteiger partial charge in [0.05, 0.1) is 0 Å². The Balaban J connectivity index is 0.000000810. The first kappa shape index (κ1) is 8.77. The molecule has 0 bridgehead atoms. The van der Waals surface area contributed by atoms with Gasteiger partial charge in [-0.3, -0.25) is 0 Å². The molecule has 0 unspecified atom stereocenters. The lowest BCUT2D eigenvalue weighted by Crippen LogP contribution is -2.01. The lowest BCUT2D eigenvalue weighted by molar-refractivity contribution is 1.20. The van der Waals surface area contributed by atoms with E-state index in [1.165, 1.54) is 6.07 Å². The van der Waals surface area contributed by atoms with Crippen molar-refractivity contribution >= 4 is 30.0 Å². The van der Waals surface area contributed by atoms with Gasteiger partial charge in [0.15, 0.2) is 0 Å². The molecular formula is C4H8ClN5. The van der Waals surface area contributed by atoms with Crippen LogP contribution < -0.4 is 17.2 Å². The molecule has 6 heteroatoms. The van der Waals surface area contributed by atoms with Crippen LogP contribution in [0.25, 0.3) is 0 Å². The molecule has 0 atom stereocenters. The zero-order chi connectivity index (χ0) is 6.85. The standard InChI is InChI=1S/C4H7N5.ClH/c5-2-1-3(6)9-4(7)8-2;/h1H,(H6,5,6,7,8,9);1H. The second kappa shape index (κ2) is 3.07. The summed E-state index contributed by atoms with van der Waals surface area (Å²) < 4.78 is 0. The maximum Gasteiger partial charge on any atom is 0.223 e. The lowest BCUT2D eigenvalue weighted by atomic mass is 10.5. The number of aromatic nitrogens is 2. The van der Waals surface area contributed by atoms with Crippen molar-refractivity contribution in [2.75, 3.05) is 17.2 Å². The highest BCUT2D eigenvalue weighted by molar-refractivity contribution is 5.85. The summed E-state index contributed by atoms with van der Waals surface area (Å²) in [5, 5.41) is 0. The van der Waals surface area contributed by atoms with E-state index in [2.05, 4.69) is 9.97 Å². The maximum absolute atomic E-state index is 5.25. The third-order valence-corrected chi connectivity index (χ3v) is 0.783. The van der Waals surface area contributed by atoms with E-state index in [0.717, 1.165) is 0 Å². The van der Waals surface area contributed by atoms with Crippen LogP contribution in [0.4, 0.5) is 17.6 Å². The predicted octanol–water partition coefficient (Wildman–Crippen LogP) is -0.355. The predicted molar refractivity (Wildman–Crippen MR) is 42.5 cm³/mol. The quantitative estimate of drug-likeness (QED) is 0.482. The zero-order valence-corrected chi connectivity index (χ0v) is 5.93. The van der Waals surface area contributed by atoms with Gasteiger partial charge < -0.3 is 17.2 Å². The maximum atomic E-state index is 5.25. The van der Waals surface area contributed by atoms with E-state index in [4.69, 9.17) is 17.2 Å². The van der Waals surface area contributed by atoms with Crippen molar-refractivity contribution in [3.05, 3.63) is 6.07 Å². The van der Waals surface area contributed by atoms with E-state index in [9.17, 15) is 0 Å². The Kier molecular flexibility index (Phi) is 2.69. The summed E-state index contributed by atoms with van der Waals surface area (Å²) in [5.41, 5.74) is 15.7. The highest BCUT2D eigenvalue weighted by Crippen LogP contribution is 2.03. The van der Waals surface area contributed by atoms with Crippen molar-refractivity contribution in [1.82, 2.24) is 9.97 Å². The molecule has 1 rings (SSSR count). The molecule has 1 aromatic heterocycles. The summed E-state index contributed by atoms with van der Waals surface area (Å²) in [7, 11) is 0. The van der Waals surface area contributed by atoms with E-state index in [1.807, 2.05) is 0 Å². The topological polar surface area (TPSA) is 104 Å². The molecule has 0 radical (unpaired) electrons. The van der Waals surface area contributed by atoms with Crippen LogP contribution in [0.2, 0.25) is 0 Å². The molecule has 0 amide bonds. The van der Waals surface area contributed by atoms with Crippen molar-refractivity contribution < 1.29 is 0 Å². The molecule has 0 aliphatic carbocycles. The Labute approximate surface area is 64.0 Å². The van der Waals surface area contributed by atoms with E-state index in [0.29, 0.717) is 11.6 Å². The minimum atomic E-state index is 0. The molecule has 0 saturated carbocycles. The average Bonchev–Trinajstić information content (AvgIpc) is 1.59. The second-order valence-corrected chi connectivity index (χ2v) is 1.58. The number of halogens is 1. The third-order valence-electron chi connectivity index (χ3n) is 0.783. The van der Waals surface area contributed by atoms with Crippen LogP contribution in [-0.2, 0) is 0 Å². The van der Waals surface area contributed by atoms with Gasteiger partial charge >= 0.3 is 0 Å². The van der Waals surface area contributed by atoms with Crippen molar-refractivity contribution in [2.45, 2.75) is 0 Å². The molecule has 10 heavy (non-hydrogen) atoms. The van der Waals surface area contributed by atoms with Gasteiger partial charge in [-0.2, -0.15) is 9.97 Å². The van der Waals surface area contributed by atoms with Crippen LogP contribution in [-0.4, -0.2) is 9.97 Å². The minimum absolute atomic E-state index is 0. The third kappa shape index (κ3) is 1.94. The molecule has 0 spiro atoms. The fraction of sp³-hybridized carbons (Fsp3) is 0. The number of nitrogens with zero attached hydrogens (tertiary/aromatic N) is 2. The van der Waals surface area contributed by atoms with Gasteiger partial charge in [-0.1, -0.05) is 0 Å². The first-order valence-electron chi connectivity index (χ1n) is 2.34. The lowest BCUT2D eigenvalue weighted by Gasteiger charge is -1.94. The Hall–Kier alpha value is -1.23. The van der Waals surface area contributed by atoms with E-state index in [1.54, 1.807) is 0 Å². The number of anilines is 3. The Morgan fingerprint density at radius 2 is 1.40 bits per heavy atom. The number of nitrogen functional groups attached to an aromatic ring is 3. The van der Waals surface area contributed by atoms with Gasteiger partial charge in [-0.25, -0.2) is 0 Å². The van der Waals surface area contributed by atoms with Crippen LogP contribution in [0.3, 0.4) is 0 Å². The Morgan fingerprint density at radius 1 is 1.00 bits per heavy atom. The molecule has 5 nitrogen and oxygen atoms in total. The summed E-state index contributed by atoms with van der Waals surface area (Å²) in [6.07, 6.45) is 0. The number of hydrogen-bond donors (Lipinski definition) is 3. The molecule has 1 heterocycles. The normalized spacial score (nSPS) is 8.40. The monoisotopic (exact) mass is 161 g/mol. The molecule has 1 aromatic rings. The van der Waals surface area contributed by atoms with Crippen LogP contribution in [0.5, 0.6) is 0 Å². The highest BCUT2D eigenvalue weighted by Gasteiger charge is 1.92. The van der Waals surface area contributed by atoms with E-state index >= 15 is 0 Å². The summed E-state index contributed by atoms with van der Waals surface area (Å²) in [6.45, 7) is 0. The molecule has 6 N–H and O–H groups in total. The first-order chi connectivity index (χ1) is 4.18. The summed E-state index contributed by atoms with van der Waals surface area (Å²) in [6, 6.07) is 1.44. The number of nitrogens with two attached hydrogens (primary N) is 3. The van der Waals surface area contributed by atoms with Gasteiger partial charge in [-0.15, -0.1) is 12.4 Å². The average molecular weight is 162 g/mol. The fourth-order valence-electron chi connectivity index (χ4n) is 0.506.